The molecular weight excluding hydrogens is 156 g/mol. The Bertz CT molecular complexity index is 226. The van der Waals surface area contributed by atoms with Crippen molar-refractivity contribution in [3.63, 3.8) is 0 Å². The van der Waals surface area contributed by atoms with Crippen LogP contribution in [0.15, 0.2) is 12.2 Å². The van der Waals surface area contributed by atoms with Gasteiger partial charge in [-0.2, -0.15) is 0 Å². The van der Waals surface area contributed by atoms with Crippen LogP contribution in [0, 0.1) is 5.92 Å². The fourth-order valence-electron chi connectivity index (χ4n) is 2.30. The van der Waals surface area contributed by atoms with Crippen molar-refractivity contribution in [2.45, 2.75) is 24.9 Å². The van der Waals surface area contributed by atoms with Gasteiger partial charge in [-0.05, 0) is 5.57 Å². The van der Waals surface area contributed by atoms with E-state index in [4.69, 9.17) is 14.2 Å². The van der Waals surface area contributed by atoms with Crippen molar-refractivity contribution < 1.29 is 14.2 Å². The molecular formula is C9H12O3. The summed E-state index contributed by atoms with van der Waals surface area (Å²) < 4.78 is 16.6. The Balaban J connectivity index is 1.90. The van der Waals surface area contributed by atoms with E-state index in [0.717, 1.165) is 6.42 Å². The minimum Gasteiger partial charge on any atom is -0.370 e. The van der Waals surface area contributed by atoms with Gasteiger partial charge in [-0.3, -0.25) is 0 Å². The van der Waals surface area contributed by atoms with Crippen molar-refractivity contribution in [2.75, 3.05) is 13.2 Å². The molecule has 3 aliphatic rings. The third kappa shape index (κ3) is 0.815. The first-order valence-corrected chi connectivity index (χ1v) is 4.41. The molecule has 12 heavy (non-hydrogen) atoms. The SMILES string of the molecule is C=C1CO[C@H]2[C@@H]1C[C@@H]1OC[C@H]2O1. The van der Waals surface area contributed by atoms with Crippen LogP contribution in [0.4, 0.5) is 0 Å². The Morgan fingerprint density at radius 3 is 3.17 bits per heavy atom. The van der Waals surface area contributed by atoms with Crippen molar-refractivity contribution in [2.24, 2.45) is 5.92 Å². The zero-order valence-electron chi connectivity index (χ0n) is 6.86. The molecule has 0 radical (unpaired) electrons. The maximum Gasteiger partial charge on any atom is 0.159 e. The van der Waals surface area contributed by atoms with E-state index >= 15 is 0 Å². The Morgan fingerprint density at radius 1 is 1.33 bits per heavy atom. The van der Waals surface area contributed by atoms with Gasteiger partial charge in [0.2, 0.25) is 0 Å². The molecule has 3 nitrogen and oxygen atoms in total. The minimum absolute atomic E-state index is 0.00898. The van der Waals surface area contributed by atoms with Crippen molar-refractivity contribution in [3.8, 4) is 0 Å². The smallest absolute Gasteiger partial charge is 0.159 e. The fraction of sp³-hybridized carbons (Fsp3) is 0.778. The first-order valence-electron chi connectivity index (χ1n) is 4.41. The van der Waals surface area contributed by atoms with Gasteiger partial charge >= 0.3 is 0 Å². The number of hydrogen-bond acceptors (Lipinski definition) is 3. The van der Waals surface area contributed by atoms with Crippen LogP contribution in [0.5, 0.6) is 0 Å². The lowest BCUT2D eigenvalue weighted by atomic mass is 9.90. The first kappa shape index (κ1) is 7.06. The standard InChI is InChI=1S/C9H12O3/c1-5-3-11-9-6(5)2-8-10-4-7(9)12-8/h6-9H,1-4H2/t6-,7-,8-,9+/m1/s1. The highest BCUT2D eigenvalue weighted by molar-refractivity contribution is 5.13. The van der Waals surface area contributed by atoms with E-state index in [1.54, 1.807) is 0 Å². The van der Waals surface area contributed by atoms with Crippen LogP contribution >= 0.6 is 0 Å². The molecule has 0 N–H and O–H groups in total. The van der Waals surface area contributed by atoms with Crippen LogP contribution in [0.1, 0.15) is 6.42 Å². The second kappa shape index (κ2) is 2.31. The van der Waals surface area contributed by atoms with Crippen molar-refractivity contribution in [1.29, 1.82) is 0 Å². The van der Waals surface area contributed by atoms with Gasteiger partial charge in [0.15, 0.2) is 6.29 Å². The molecule has 3 saturated heterocycles. The fourth-order valence-corrected chi connectivity index (χ4v) is 2.30. The Labute approximate surface area is 71.3 Å². The zero-order valence-corrected chi connectivity index (χ0v) is 6.86. The van der Waals surface area contributed by atoms with E-state index in [1.807, 2.05) is 0 Å². The average Bonchev–Trinajstić information content (AvgIpc) is 2.61. The molecule has 0 aromatic carbocycles. The number of rotatable bonds is 0. The van der Waals surface area contributed by atoms with Gasteiger partial charge in [-0.1, -0.05) is 6.58 Å². The third-order valence-corrected chi connectivity index (χ3v) is 2.97. The van der Waals surface area contributed by atoms with Crippen LogP contribution in [0.2, 0.25) is 0 Å². The van der Waals surface area contributed by atoms with Gasteiger partial charge in [0.05, 0.1) is 19.3 Å². The van der Waals surface area contributed by atoms with Crippen LogP contribution in [-0.2, 0) is 14.2 Å². The predicted molar refractivity (Wildman–Crippen MR) is 41.6 cm³/mol. The largest absolute Gasteiger partial charge is 0.370 e. The normalized spacial score (nSPS) is 51.2. The summed E-state index contributed by atoms with van der Waals surface area (Å²) in [4.78, 5) is 0. The molecule has 3 rings (SSSR count). The first-order chi connectivity index (χ1) is 5.84. The highest BCUT2D eigenvalue weighted by Gasteiger charge is 2.48. The topological polar surface area (TPSA) is 27.7 Å². The lowest BCUT2D eigenvalue weighted by Gasteiger charge is -2.28. The molecule has 2 bridgehead atoms. The number of ether oxygens (including phenoxy) is 3. The molecule has 3 heterocycles. The van der Waals surface area contributed by atoms with Crippen LogP contribution in [-0.4, -0.2) is 31.7 Å². The maximum atomic E-state index is 5.59. The second-order valence-electron chi connectivity index (χ2n) is 3.71. The molecule has 0 unspecified atom stereocenters. The Kier molecular flexibility index (Phi) is 1.36. The second-order valence-corrected chi connectivity index (χ2v) is 3.71. The Morgan fingerprint density at radius 2 is 2.25 bits per heavy atom. The Hall–Kier alpha value is -0.380. The van der Waals surface area contributed by atoms with Crippen molar-refractivity contribution in [3.05, 3.63) is 12.2 Å². The number of hydrogen-bond donors (Lipinski definition) is 0. The molecule has 66 valence electrons. The van der Waals surface area contributed by atoms with Gasteiger partial charge in [-0.15, -0.1) is 0 Å². The highest BCUT2D eigenvalue weighted by atomic mass is 16.7. The lowest BCUT2D eigenvalue weighted by Crippen LogP contribution is -2.38. The molecule has 0 saturated carbocycles. The predicted octanol–water partition coefficient (Wildman–Crippen LogP) is 0.703. The average molecular weight is 168 g/mol. The van der Waals surface area contributed by atoms with Gasteiger partial charge < -0.3 is 14.2 Å². The summed E-state index contributed by atoms with van der Waals surface area (Å²) in [5.74, 6) is 0.483. The quantitative estimate of drug-likeness (QED) is 0.498. The molecule has 3 heteroatoms. The molecule has 0 spiro atoms. The summed E-state index contributed by atoms with van der Waals surface area (Å²) in [5.41, 5.74) is 1.21. The molecule has 4 atom stereocenters. The summed E-state index contributed by atoms with van der Waals surface area (Å²) in [6.07, 6.45) is 1.32. The van der Waals surface area contributed by atoms with E-state index in [9.17, 15) is 0 Å². The van der Waals surface area contributed by atoms with E-state index in [0.29, 0.717) is 19.1 Å². The van der Waals surface area contributed by atoms with E-state index < -0.39 is 0 Å². The van der Waals surface area contributed by atoms with Crippen LogP contribution in [0.3, 0.4) is 0 Å². The highest BCUT2D eigenvalue weighted by Crippen LogP contribution is 2.40. The van der Waals surface area contributed by atoms with Gasteiger partial charge in [-0.25, -0.2) is 0 Å². The van der Waals surface area contributed by atoms with Crippen molar-refractivity contribution >= 4 is 0 Å². The van der Waals surface area contributed by atoms with E-state index in [1.165, 1.54) is 5.57 Å². The van der Waals surface area contributed by atoms with E-state index in [2.05, 4.69) is 6.58 Å². The lowest BCUT2D eigenvalue weighted by molar-refractivity contribution is -0.133. The third-order valence-electron chi connectivity index (χ3n) is 2.97. The molecule has 0 aliphatic carbocycles. The maximum absolute atomic E-state index is 5.59. The van der Waals surface area contributed by atoms with Gasteiger partial charge in [0.25, 0.3) is 0 Å². The molecule has 0 aromatic rings. The van der Waals surface area contributed by atoms with Crippen LogP contribution < -0.4 is 0 Å². The van der Waals surface area contributed by atoms with Crippen molar-refractivity contribution in [1.82, 2.24) is 0 Å². The van der Waals surface area contributed by atoms with Gasteiger partial charge in [0, 0.05) is 12.3 Å². The summed E-state index contributed by atoms with van der Waals surface area (Å²) in [7, 11) is 0. The molecule has 3 fully saturated rings. The van der Waals surface area contributed by atoms with Gasteiger partial charge in [0.1, 0.15) is 6.10 Å². The summed E-state index contributed by atoms with van der Waals surface area (Å²) in [6, 6.07) is 0. The van der Waals surface area contributed by atoms with E-state index in [-0.39, 0.29) is 18.5 Å². The summed E-state index contributed by atoms with van der Waals surface area (Å²) >= 11 is 0. The summed E-state index contributed by atoms with van der Waals surface area (Å²) in [5, 5.41) is 0. The number of fused-ring (bicyclic) bond motifs is 4. The van der Waals surface area contributed by atoms with Crippen LogP contribution in [0.25, 0.3) is 0 Å². The summed E-state index contributed by atoms with van der Waals surface area (Å²) in [6.45, 7) is 5.40. The molecule has 0 amide bonds. The molecule has 0 aromatic heterocycles. The zero-order chi connectivity index (χ0) is 8.13. The monoisotopic (exact) mass is 168 g/mol. The molecule has 3 aliphatic heterocycles. The minimum atomic E-state index is 0.00898.